The summed E-state index contributed by atoms with van der Waals surface area (Å²) in [6.45, 7) is 6.13. The van der Waals surface area contributed by atoms with Crippen molar-refractivity contribution >= 4 is 28.3 Å². The summed E-state index contributed by atoms with van der Waals surface area (Å²) in [6, 6.07) is 5.90. The Morgan fingerprint density at radius 3 is 2.05 bits per heavy atom. The minimum Gasteiger partial charge on any atom is -0.497 e. The van der Waals surface area contributed by atoms with Crippen LogP contribution in [0.4, 0.5) is 0 Å². The third-order valence-electron chi connectivity index (χ3n) is 2.80. The molecule has 0 spiro atoms. The minimum absolute atomic E-state index is 0.809. The molecule has 0 bridgehead atoms. The van der Waals surface area contributed by atoms with Gasteiger partial charge in [0.25, 0.3) is 0 Å². The molecule has 0 fully saturated rings. The van der Waals surface area contributed by atoms with Crippen molar-refractivity contribution < 1.29 is 9.47 Å². The molecule has 5 heteroatoms. The molecule has 0 saturated heterocycles. The second-order valence-electron chi connectivity index (χ2n) is 3.95. The van der Waals surface area contributed by atoms with Gasteiger partial charge >= 0.3 is 0 Å². The van der Waals surface area contributed by atoms with E-state index in [9.17, 15) is 0 Å². The molecule has 1 rings (SSSR count). The van der Waals surface area contributed by atoms with Crippen molar-refractivity contribution in [2.75, 3.05) is 27.3 Å². The first-order valence-electron chi connectivity index (χ1n) is 6.28. The van der Waals surface area contributed by atoms with Crippen molar-refractivity contribution in [3.8, 4) is 11.5 Å². The molecule has 0 atom stereocenters. The molecule has 1 aromatic rings. The fourth-order valence-electron chi connectivity index (χ4n) is 1.67. The topological polar surface area (TPSA) is 21.7 Å². The van der Waals surface area contributed by atoms with Crippen molar-refractivity contribution in [1.82, 2.24) is 4.90 Å². The summed E-state index contributed by atoms with van der Waals surface area (Å²) in [5, 5.41) is 0. The van der Waals surface area contributed by atoms with Gasteiger partial charge < -0.3 is 14.4 Å². The van der Waals surface area contributed by atoms with E-state index in [1.54, 1.807) is 26.0 Å². The molecular formula is C14H21NO2S2. The molecule has 106 valence electrons. The number of methoxy groups -OCH3 is 2. The van der Waals surface area contributed by atoms with Crippen LogP contribution in [-0.4, -0.2) is 36.5 Å². The predicted octanol–water partition coefficient (Wildman–Crippen LogP) is 3.56. The fraction of sp³-hybridized carbons (Fsp3) is 0.500. The summed E-state index contributed by atoms with van der Waals surface area (Å²) < 4.78 is 11.5. The number of ether oxygens (including phenoxy) is 2. The molecule has 0 aliphatic heterocycles. The second-order valence-corrected chi connectivity index (χ2v) is 5.56. The van der Waals surface area contributed by atoms with Gasteiger partial charge in [0.2, 0.25) is 0 Å². The van der Waals surface area contributed by atoms with Crippen LogP contribution in [0.3, 0.4) is 0 Å². The molecule has 0 aliphatic carbocycles. The number of benzene rings is 1. The standard InChI is InChI=1S/C14H21NO2S2/c1-5-15(6-2)14(18)19-10-11-7-12(16-3)9-13(8-11)17-4/h7-9H,5-6,10H2,1-4H3. The number of thioether (sulfide) groups is 1. The van der Waals surface area contributed by atoms with Gasteiger partial charge in [-0.15, -0.1) is 0 Å². The van der Waals surface area contributed by atoms with E-state index in [0.717, 1.165) is 40.2 Å². The van der Waals surface area contributed by atoms with Gasteiger partial charge in [0, 0.05) is 24.9 Å². The monoisotopic (exact) mass is 299 g/mol. The van der Waals surface area contributed by atoms with Crippen LogP contribution in [0.5, 0.6) is 11.5 Å². The van der Waals surface area contributed by atoms with E-state index < -0.39 is 0 Å². The Morgan fingerprint density at radius 1 is 1.11 bits per heavy atom. The summed E-state index contributed by atoms with van der Waals surface area (Å²) in [7, 11) is 3.32. The van der Waals surface area contributed by atoms with Gasteiger partial charge in [0.1, 0.15) is 15.8 Å². The summed E-state index contributed by atoms with van der Waals surface area (Å²) in [5.41, 5.74) is 1.15. The quantitative estimate of drug-likeness (QED) is 0.747. The Kier molecular flexibility index (Phi) is 7.02. The number of hydrogen-bond acceptors (Lipinski definition) is 4. The second kappa shape index (κ2) is 8.27. The SMILES string of the molecule is CCN(CC)C(=S)SCc1cc(OC)cc(OC)c1. The molecule has 0 aliphatic rings. The van der Waals surface area contributed by atoms with E-state index in [1.165, 1.54) is 0 Å². The molecule has 0 unspecified atom stereocenters. The van der Waals surface area contributed by atoms with Gasteiger partial charge in [0.15, 0.2) is 0 Å². The van der Waals surface area contributed by atoms with E-state index in [0.29, 0.717) is 0 Å². The van der Waals surface area contributed by atoms with Crippen LogP contribution < -0.4 is 9.47 Å². The van der Waals surface area contributed by atoms with E-state index in [-0.39, 0.29) is 0 Å². The molecule has 0 aromatic heterocycles. The number of rotatable bonds is 6. The largest absolute Gasteiger partial charge is 0.497 e. The van der Waals surface area contributed by atoms with Crippen LogP contribution in [-0.2, 0) is 5.75 Å². The first-order valence-corrected chi connectivity index (χ1v) is 7.67. The Labute approximate surface area is 125 Å². The average molecular weight is 299 g/mol. The number of thiocarbonyl (C=S) groups is 1. The van der Waals surface area contributed by atoms with Crippen LogP contribution >= 0.6 is 24.0 Å². The zero-order valence-corrected chi connectivity index (χ0v) is 13.6. The molecule has 1 aromatic carbocycles. The van der Waals surface area contributed by atoms with Gasteiger partial charge in [-0.2, -0.15) is 0 Å². The van der Waals surface area contributed by atoms with E-state index in [2.05, 4.69) is 18.7 Å². The minimum atomic E-state index is 0.809. The Hall–Kier alpha value is -0.940. The Morgan fingerprint density at radius 2 is 1.63 bits per heavy atom. The van der Waals surface area contributed by atoms with E-state index in [4.69, 9.17) is 21.7 Å². The highest BCUT2D eigenvalue weighted by molar-refractivity contribution is 8.22. The first kappa shape index (κ1) is 16.1. The van der Waals surface area contributed by atoms with Crippen LogP contribution in [0.15, 0.2) is 18.2 Å². The maximum Gasteiger partial charge on any atom is 0.136 e. The Bertz CT molecular complexity index is 398. The molecule has 3 nitrogen and oxygen atoms in total. The van der Waals surface area contributed by atoms with Gasteiger partial charge in [0.05, 0.1) is 14.2 Å². The maximum atomic E-state index is 5.42. The van der Waals surface area contributed by atoms with Crippen molar-refractivity contribution in [2.45, 2.75) is 19.6 Å². The Balaban J connectivity index is 2.69. The highest BCUT2D eigenvalue weighted by atomic mass is 32.2. The molecule has 0 N–H and O–H groups in total. The van der Waals surface area contributed by atoms with Crippen LogP contribution in [0.25, 0.3) is 0 Å². The van der Waals surface area contributed by atoms with Crippen LogP contribution in [0.1, 0.15) is 19.4 Å². The fourth-order valence-corrected chi connectivity index (χ4v) is 3.00. The third kappa shape index (κ3) is 4.91. The van der Waals surface area contributed by atoms with Crippen molar-refractivity contribution in [2.24, 2.45) is 0 Å². The zero-order valence-electron chi connectivity index (χ0n) is 11.9. The highest BCUT2D eigenvalue weighted by Crippen LogP contribution is 2.26. The van der Waals surface area contributed by atoms with Crippen molar-refractivity contribution in [3.63, 3.8) is 0 Å². The lowest BCUT2D eigenvalue weighted by molar-refractivity contribution is 0.393. The smallest absolute Gasteiger partial charge is 0.136 e. The first-order chi connectivity index (χ1) is 9.14. The lowest BCUT2D eigenvalue weighted by Gasteiger charge is -2.20. The summed E-state index contributed by atoms with van der Waals surface area (Å²) >= 11 is 7.09. The van der Waals surface area contributed by atoms with Crippen molar-refractivity contribution in [3.05, 3.63) is 23.8 Å². The van der Waals surface area contributed by atoms with E-state index in [1.807, 2.05) is 18.2 Å². The average Bonchev–Trinajstić information content (AvgIpc) is 2.45. The summed E-state index contributed by atoms with van der Waals surface area (Å²) in [6.07, 6.45) is 0. The van der Waals surface area contributed by atoms with Crippen LogP contribution in [0, 0.1) is 0 Å². The molecule has 0 heterocycles. The zero-order chi connectivity index (χ0) is 14.3. The molecule has 0 amide bonds. The van der Waals surface area contributed by atoms with Gasteiger partial charge in [-0.3, -0.25) is 0 Å². The molecular weight excluding hydrogens is 278 g/mol. The number of nitrogens with zero attached hydrogens (tertiary/aromatic N) is 1. The lowest BCUT2D eigenvalue weighted by Crippen LogP contribution is -2.26. The van der Waals surface area contributed by atoms with Crippen LogP contribution in [0.2, 0.25) is 0 Å². The predicted molar refractivity (Wildman–Crippen MR) is 86.4 cm³/mol. The third-order valence-corrected chi connectivity index (χ3v) is 4.39. The maximum absolute atomic E-state index is 5.42. The normalized spacial score (nSPS) is 10.1. The van der Waals surface area contributed by atoms with E-state index >= 15 is 0 Å². The summed E-state index contributed by atoms with van der Waals surface area (Å²) in [5.74, 6) is 2.44. The molecule has 19 heavy (non-hydrogen) atoms. The van der Waals surface area contributed by atoms with Gasteiger partial charge in [-0.05, 0) is 31.5 Å². The molecule has 0 saturated carbocycles. The van der Waals surface area contributed by atoms with Crippen molar-refractivity contribution in [1.29, 1.82) is 0 Å². The lowest BCUT2D eigenvalue weighted by atomic mass is 10.2. The molecule has 0 radical (unpaired) electrons. The van der Waals surface area contributed by atoms with Gasteiger partial charge in [-0.25, -0.2) is 0 Å². The van der Waals surface area contributed by atoms with Gasteiger partial charge in [-0.1, -0.05) is 24.0 Å². The summed E-state index contributed by atoms with van der Waals surface area (Å²) in [4.78, 5) is 2.18. The highest BCUT2D eigenvalue weighted by Gasteiger charge is 2.08. The number of hydrogen-bond donors (Lipinski definition) is 0.